The van der Waals surface area contributed by atoms with Gasteiger partial charge in [0, 0.05) is 38.3 Å². The third-order valence-corrected chi connectivity index (χ3v) is 5.07. The molecule has 0 saturated heterocycles. The van der Waals surface area contributed by atoms with Gasteiger partial charge in [0.05, 0.1) is 26.4 Å². The van der Waals surface area contributed by atoms with E-state index in [9.17, 15) is 4.79 Å². The van der Waals surface area contributed by atoms with Crippen molar-refractivity contribution in [1.82, 2.24) is 20.3 Å². The number of hydrogen-bond acceptors (Lipinski definition) is 10. The zero-order valence-corrected chi connectivity index (χ0v) is 21.0. The average molecular weight is 509 g/mol. The van der Waals surface area contributed by atoms with E-state index in [2.05, 4.69) is 48.4 Å². The van der Waals surface area contributed by atoms with Gasteiger partial charge in [-0.05, 0) is 24.1 Å². The van der Waals surface area contributed by atoms with E-state index in [1.54, 1.807) is 12.1 Å². The van der Waals surface area contributed by atoms with Crippen molar-refractivity contribution >= 4 is 23.8 Å². The van der Waals surface area contributed by atoms with Gasteiger partial charge in [0.1, 0.15) is 0 Å². The van der Waals surface area contributed by atoms with Crippen LogP contribution in [0.5, 0.6) is 0 Å². The van der Waals surface area contributed by atoms with Crippen molar-refractivity contribution in [2.75, 3.05) is 75.1 Å². The van der Waals surface area contributed by atoms with E-state index >= 15 is 0 Å². The number of aromatic nitrogens is 3. The number of carbonyl (C=O) groups is 1. The van der Waals surface area contributed by atoms with Gasteiger partial charge in [-0.3, -0.25) is 4.79 Å². The third kappa shape index (κ3) is 11.2. The van der Waals surface area contributed by atoms with Gasteiger partial charge in [0.25, 0.3) is 5.91 Å². The second-order valence-corrected chi connectivity index (χ2v) is 7.96. The second-order valence-electron chi connectivity index (χ2n) is 7.96. The molecular weight excluding hydrogens is 472 g/mol. The third-order valence-electron chi connectivity index (χ3n) is 5.07. The van der Waals surface area contributed by atoms with Crippen LogP contribution >= 0.6 is 0 Å². The van der Waals surface area contributed by atoms with Crippen molar-refractivity contribution in [2.45, 2.75) is 6.42 Å². The molecule has 0 bridgehead atoms. The number of carbonyl (C=O) groups excluding carboxylic acids is 1. The number of hydrogen-bond donors (Lipinski definition) is 5. The number of rotatable bonds is 18. The molecule has 1 amide bonds. The Morgan fingerprint density at radius 1 is 0.676 bits per heavy atom. The van der Waals surface area contributed by atoms with Gasteiger partial charge in [-0.1, -0.05) is 48.5 Å². The SMILES string of the molecule is NCCNc1nc(NCCOCCOCCNC(=O)c2ccccc2)nc(NCCc2ccccc2)n1. The molecule has 3 aromatic rings. The number of anilines is 3. The summed E-state index contributed by atoms with van der Waals surface area (Å²) >= 11 is 0. The van der Waals surface area contributed by atoms with E-state index in [1.807, 2.05) is 36.4 Å². The van der Waals surface area contributed by atoms with Gasteiger partial charge in [-0.25, -0.2) is 0 Å². The molecule has 0 atom stereocenters. The Labute approximate surface area is 217 Å². The number of benzene rings is 2. The highest BCUT2D eigenvalue weighted by atomic mass is 16.5. The van der Waals surface area contributed by atoms with Crippen molar-refractivity contribution in [3.05, 3.63) is 71.8 Å². The lowest BCUT2D eigenvalue weighted by molar-refractivity contribution is 0.0519. The highest BCUT2D eigenvalue weighted by Gasteiger charge is 2.06. The summed E-state index contributed by atoms with van der Waals surface area (Å²) in [6.45, 7) is 4.46. The predicted molar refractivity (Wildman–Crippen MR) is 145 cm³/mol. The predicted octanol–water partition coefficient (Wildman–Crippen LogP) is 1.77. The summed E-state index contributed by atoms with van der Waals surface area (Å²) in [6, 6.07) is 19.3. The second kappa shape index (κ2) is 16.8. The van der Waals surface area contributed by atoms with Crippen LogP contribution in [0.3, 0.4) is 0 Å². The minimum atomic E-state index is -0.110. The molecule has 0 radical (unpaired) electrons. The van der Waals surface area contributed by atoms with Crippen molar-refractivity contribution in [3.8, 4) is 0 Å². The van der Waals surface area contributed by atoms with Crippen LogP contribution in [-0.4, -0.2) is 80.0 Å². The maximum absolute atomic E-state index is 11.9. The minimum Gasteiger partial charge on any atom is -0.377 e. The topological polar surface area (TPSA) is 148 Å². The Balaban J connectivity index is 1.29. The number of nitrogens with zero attached hydrogens (tertiary/aromatic N) is 3. The molecule has 0 aliphatic rings. The lowest BCUT2D eigenvalue weighted by Gasteiger charge is -2.11. The summed E-state index contributed by atoms with van der Waals surface area (Å²) in [5, 5.41) is 12.3. The zero-order valence-electron chi connectivity index (χ0n) is 21.0. The van der Waals surface area contributed by atoms with E-state index in [4.69, 9.17) is 15.2 Å². The first-order valence-electron chi connectivity index (χ1n) is 12.4. The quantitative estimate of drug-likeness (QED) is 0.161. The summed E-state index contributed by atoms with van der Waals surface area (Å²) < 4.78 is 11.1. The average Bonchev–Trinajstić information content (AvgIpc) is 2.94. The molecule has 1 aromatic heterocycles. The first-order chi connectivity index (χ1) is 18.2. The van der Waals surface area contributed by atoms with Crippen LogP contribution in [0.4, 0.5) is 17.8 Å². The lowest BCUT2D eigenvalue weighted by atomic mass is 10.1. The van der Waals surface area contributed by atoms with Crippen LogP contribution in [0.25, 0.3) is 0 Å². The Hall–Kier alpha value is -3.80. The number of ether oxygens (including phenoxy) is 2. The van der Waals surface area contributed by atoms with Crippen molar-refractivity contribution in [3.63, 3.8) is 0 Å². The summed E-state index contributed by atoms with van der Waals surface area (Å²) in [7, 11) is 0. The summed E-state index contributed by atoms with van der Waals surface area (Å²) in [5.74, 6) is 1.28. The molecule has 0 unspecified atom stereocenters. The fourth-order valence-electron chi connectivity index (χ4n) is 3.25. The molecular formula is C26H36N8O3. The molecule has 198 valence electrons. The molecule has 0 saturated carbocycles. The monoisotopic (exact) mass is 508 g/mol. The highest BCUT2D eigenvalue weighted by molar-refractivity contribution is 5.94. The molecule has 37 heavy (non-hydrogen) atoms. The largest absolute Gasteiger partial charge is 0.377 e. The Bertz CT molecular complexity index is 1040. The molecule has 3 rings (SSSR count). The van der Waals surface area contributed by atoms with Gasteiger partial charge >= 0.3 is 0 Å². The summed E-state index contributed by atoms with van der Waals surface area (Å²) in [6.07, 6.45) is 0.857. The Morgan fingerprint density at radius 3 is 1.84 bits per heavy atom. The molecule has 0 aliphatic carbocycles. The maximum Gasteiger partial charge on any atom is 0.251 e. The molecule has 11 nitrogen and oxygen atoms in total. The van der Waals surface area contributed by atoms with Crippen LogP contribution < -0.4 is 27.0 Å². The molecule has 11 heteroatoms. The van der Waals surface area contributed by atoms with E-state index < -0.39 is 0 Å². The van der Waals surface area contributed by atoms with Gasteiger partial charge in [-0.2, -0.15) is 15.0 Å². The lowest BCUT2D eigenvalue weighted by Crippen LogP contribution is -2.27. The van der Waals surface area contributed by atoms with Gasteiger partial charge in [0.15, 0.2) is 0 Å². The fraction of sp³-hybridized carbons (Fsp3) is 0.385. The first kappa shape index (κ1) is 27.8. The van der Waals surface area contributed by atoms with Gasteiger partial charge < -0.3 is 36.5 Å². The van der Waals surface area contributed by atoms with Crippen LogP contribution in [0.2, 0.25) is 0 Å². The standard InChI is InChI=1S/C26H36N8O3/c27-12-14-30-25-32-24(29-13-11-21-7-3-1-4-8-21)33-26(34-25)31-16-18-37-20-19-36-17-15-28-23(35)22-9-5-2-6-10-22/h1-10H,11-20,27H2,(H,28,35)(H3,29,30,31,32,33,34). The first-order valence-corrected chi connectivity index (χ1v) is 12.4. The van der Waals surface area contributed by atoms with Crippen molar-refractivity contribution in [1.29, 1.82) is 0 Å². The zero-order chi connectivity index (χ0) is 26.0. The van der Waals surface area contributed by atoms with Crippen LogP contribution in [-0.2, 0) is 15.9 Å². The van der Waals surface area contributed by atoms with Gasteiger partial charge in [-0.15, -0.1) is 0 Å². The van der Waals surface area contributed by atoms with E-state index in [0.29, 0.717) is 82.6 Å². The number of amides is 1. The maximum atomic E-state index is 11.9. The van der Waals surface area contributed by atoms with E-state index in [-0.39, 0.29) is 5.91 Å². The van der Waals surface area contributed by atoms with E-state index in [0.717, 1.165) is 6.42 Å². The van der Waals surface area contributed by atoms with E-state index in [1.165, 1.54) is 5.56 Å². The summed E-state index contributed by atoms with van der Waals surface area (Å²) in [5.41, 5.74) is 7.46. The smallest absolute Gasteiger partial charge is 0.251 e. The Morgan fingerprint density at radius 2 is 1.22 bits per heavy atom. The van der Waals surface area contributed by atoms with Gasteiger partial charge in [0.2, 0.25) is 17.8 Å². The normalized spacial score (nSPS) is 10.6. The molecule has 0 spiro atoms. The van der Waals surface area contributed by atoms with Crippen LogP contribution in [0.1, 0.15) is 15.9 Å². The van der Waals surface area contributed by atoms with Crippen LogP contribution in [0, 0.1) is 0 Å². The Kier molecular flexibility index (Phi) is 12.6. The van der Waals surface area contributed by atoms with Crippen molar-refractivity contribution < 1.29 is 14.3 Å². The number of nitrogens with one attached hydrogen (secondary N) is 4. The van der Waals surface area contributed by atoms with Crippen LogP contribution in [0.15, 0.2) is 60.7 Å². The molecule has 0 aliphatic heterocycles. The molecule has 6 N–H and O–H groups in total. The summed E-state index contributed by atoms with van der Waals surface area (Å²) in [4.78, 5) is 25.2. The minimum absolute atomic E-state index is 0.110. The fourth-order valence-corrected chi connectivity index (χ4v) is 3.25. The van der Waals surface area contributed by atoms with Crippen molar-refractivity contribution in [2.24, 2.45) is 5.73 Å². The molecule has 2 aromatic carbocycles. The molecule has 1 heterocycles. The molecule has 0 fully saturated rings. The highest BCUT2D eigenvalue weighted by Crippen LogP contribution is 2.09. The number of nitrogens with two attached hydrogens (primary N) is 1.